The summed E-state index contributed by atoms with van der Waals surface area (Å²) in [7, 11) is -2.16. The van der Waals surface area contributed by atoms with Crippen molar-refractivity contribution in [3.8, 4) is 0 Å². The molecule has 0 unspecified atom stereocenters. The molecular formula is C22H21F3N6O4S2. The van der Waals surface area contributed by atoms with Crippen molar-refractivity contribution < 1.29 is 31.5 Å². The Morgan fingerprint density at radius 3 is 2.32 bits per heavy atom. The fourth-order valence-electron chi connectivity index (χ4n) is 2.98. The zero-order valence-corrected chi connectivity index (χ0v) is 20.9. The molecule has 0 spiro atoms. The molecule has 4 aromatic rings. The van der Waals surface area contributed by atoms with Gasteiger partial charge in [0.05, 0.1) is 10.6 Å². The molecule has 0 aliphatic carbocycles. The Morgan fingerprint density at radius 2 is 1.70 bits per heavy atom. The van der Waals surface area contributed by atoms with E-state index in [1.54, 1.807) is 24.3 Å². The number of carboxylic acids is 1. The summed E-state index contributed by atoms with van der Waals surface area (Å²) in [5.41, 5.74) is 2.61. The topological polar surface area (TPSA) is 149 Å². The van der Waals surface area contributed by atoms with E-state index >= 15 is 0 Å². The molecular weight excluding hydrogens is 533 g/mol. The summed E-state index contributed by atoms with van der Waals surface area (Å²) in [5.74, 6) is -1.59. The zero-order valence-electron chi connectivity index (χ0n) is 19.3. The molecule has 37 heavy (non-hydrogen) atoms. The zero-order chi connectivity index (χ0) is 27.2. The number of carboxylic acid groups (broad SMARTS) is 1. The monoisotopic (exact) mass is 554 g/mol. The van der Waals surface area contributed by atoms with Gasteiger partial charge in [-0.25, -0.2) is 27.9 Å². The number of nitrogens with zero attached hydrogens (tertiary/aromatic N) is 2. The first-order chi connectivity index (χ1) is 17.4. The van der Waals surface area contributed by atoms with Gasteiger partial charge in [-0.3, -0.25) is 0 Å². The lowest BCUT2D eigenvalue weighted by Gasteiger charge is -2.13. The van der Waals surface area contributed by atoms with Gasteiger partial charge < -0.3 is 20.7 Å². The minimum absolute atomic E-state index is 0.178. The van der Waals surface area contributed by atoms with E-state index in [0.717, 1.165) is 21.5 Å². The molecule has 196 valence electrons. The third kappa shape index (κ3) is 7.34. The van der Waals surface area contributed by atoms with Gasteiger partial charge >= 0.3 is 12.1 Å². The highest BCUT2D eigenvalue weighted by atomic mass is 32.2. The van der Waals surface area contributed by atoms with E-state index in [-0.39, 0.29) is 4.90 Å². The highest BCUT2D eigenvalue weighted by Gasteiger charge is 2.38. The van der Waals surface area contributed by atoms with Gasteiger partial charge in [0.2, 0.25) is 10.0 Å². The molecule has 4 rings (SSSR count). The second kappa shape index (κ2) is 11.5. The Morgan fingerprint density at radius 1 is 1.03 bits per heavy atom. The lowest BCUT2D eigenvalue weighted by molar-refractivity contribution is -0.192. The maximum Gasteiger partial charge on any atom is 0.490 e. The quantitative estimate of drug-likeness (QED) is 0.205. The summed E-state index contributed by atoms with van der Waals surface area (Å²) >= 11 is 1.51. The van der Waals surface area contributed by atoms with Gasteiger partial charge in [-0.1, -0.05) is 0 Å². The lowest BCUT2D eigenvalue weighted by Crippen LogP contribution is -2.21. The molecule has 0 aliphatic rings. The molecule has 0 radical (unpaired) electrons. The fourth-order valence-corrected chi connectivity index (χ4v) is 4.27. The number of rotatable bonds is 7. The van der Waals surface area contributed by atoms with Crippen LogP contribution in [0.1, 0.15) is 0 Å². The van der Waals surface area contributed by atoms with Crippen LogP contribution in [0, 0.1) is 0 Å². The molecule has 10 nitrogen and oxygen atoms in total. The Bertz CT molecular complexity index is 1510. The van der Waals surface area contributed by atoms with Crippen molar-refractivity contribution in [3.05, 3.63) is 61.1 Å². The van der Waals surface area contributed by atoms with Crippen molar-refractivity contribution in [2.45, 2.75) is 16.0 Å². The summed E-state index contributed by atoms with van der Waals surface area (Å²) in [6.45, 7) is 0. The Hall–Kier alpha value is -3.82. The van der Waals surface area contributed by atoms with Crippen LogP contribution in [-0.2, 0) is 14.8 Å². The van der Waals surface area contributed by atoms with Gasteiger partial charge in [-0.15, -0.1) is 11.8 Å². The number of fused-ring (bicyclic) bond motifs is 1. The molecule has 0 bridgehead atoms. The van der Waals surface area contributed by atoms with Crippen molar-refractivity contribution in [3.63, 3.8) is 0 Å². The van der Waals surface area contributed by atoms with Gasteiger partial charge in [-0.2, -0.15) is 13.2 Å². The normalized spacial score (nSPS) is 11.5. The smallest absolute Gasteiger partial charge is 0.475 e. The predicted octanol–water partition coefficient (Wildman–Crippen LogP) is 4.71. The number of alkyl halides is 3. The number of benzene rings is 2. The first-order valence-electron chi connectivity index (χ1n) is 10.3. The van der Waals surface area contributed by atoms with E-state index in [0.29, 0.717) is 17.3 Å². The van der Waals surface area contributed by atoms with Crippen molar-refractivity contribution in [1.82, 2.24) is 19.7 Å². The van der Waals surface area contributed by atoms with Crippen LogP contribution >= 0.6 is 11.8 Å². The van der Waals surface area contributed by atoms with Crippen molar-refractivity contribution in [2.24, 2.45) is 0 Å². The molecule has 0 saturated heterocycles. The maximum absolute atomic E-state index is 12.2. The molecule has 0 aliphatic heterocycles. The molecule has 2 aromatic heterocycles. The Balaban J connectivity index is 0.000000479. The fraction of sp³-hybridized carbons (Fsp3) is 0.136. The van der Waals surface area contributed by atoms with E-state index in [1.165, 1.54) is 25.1 Å². The first kappa shape index (κ1) is 27.8. The Labute approximate surface area is 213 Å². The number of hydrogen-bond donors (Lipinski definition) is 5. The molecule has 2 aromatic carbocycles. The molecule has 0 amide bonds. The van der Waals surface area contributed by atoms with E-state index in [9.17, 15) is 21.6 Å². The average molecular weight is 555 g/mol. The van der Waals surface area contributed by atoms with E-state index in [1.807, 2.05) is 36.7 Å². The molecule has 0 atom stereocenters. The standard InChI is InChI=1S/C20H20N6O2S2.C2HF3O2/c1-21-30(27,28)15-4-6-18(29-2)17(10-15)26-20-11-19(23-12-24-20)25-14-3-5-16-13(9-14)7-8-22-16;3-2(4,5)1(6)7/h3-12,21-22H,1-2H3,(H2,23,24,25,26);(H,6,7). The van der Waals surface area contributed by atoms with Crippen LogP contribution in [0.5, 0.6) is 0 Å². The lowest BCUT2D eigenvalue weighted by atomic mass is 10.2. The van der Waals surface area contributed by atoms with Crippen molar-refractivity contribution in [1.29, 1.82) is 0 Å². The van der Waals surface area contributed by atoms with E-state index in [2.05, 4.69) is 30.3 Å². The number of thioether (sulfide) groups is 1. The van der Waals surface area contributed by atoms with Crippen LogP contribution in [0.4, 0.5) is 36.2 Å². The number of carbonyl (C=O) groups is 1. The van der Waals surface area contributed by atoms with Gasteiger partial charge in [0.1, 0.15) is 18.0 Å². The maximum atomic E-state index is 12.2. The SMILES string of the molecule is CNS(=O)(=O)c1ccc(SC)c(Nc2cc(Nc3ccc4[nH]ccc4c3)ncn2)c1.O=C(O)C(F)(F)F. The van der Waals surface area contributed by atoms with Crippen LogP contribution in [0.3, 0.4) is 0 Å². The van der Waals surface area contributed by atoms with Crippen LogP contribution in [0.25, 0.3) is 10.9 Å². The minimum atomic E-state index is -5.08. The molecule has 0 saturated carbocycles. The highest BCUT2D eigenvalue weighted by Crippen LogP contribution is 2.31. The molecule has 5 N–H and O–H groups in total. The summed E-state index contributed by atoms with van der Waals surface area (Å²) in [4.78, 5) is 21.7. The molecule has 2 heterocycles. The number of H-pyrrole nitrogens is 1. The molecule has 0 fully saturated rings. The van der Waals surface area contributed by atoms with E-state index < -0.39 is 22.2 Å². The summed E-state index contributed by atoms with van der Waals surface area (Å²) < 4.78 is 58.4. The third-order valence-corrected chi connectivity index (χ3v) is 6.96. The summed E-state index contributed by atoms with van der Waals surface area (Å²) in [5, 5.41) is 14.7. The van der Waals surface area contributed by atoms with Gasteiger partial charge in [0.25, 0.3) is 0 Å². The number of anilines is 4. The number of nitrogens with one attached hydrogen (secondary N) is 4. The van der Waals surface area contributed by atoms with E-state index in [4.69, 9.17) is 9.90 Å². The predicted molar refractivity (Wildman–Crippen MR) is 135 cm³/mol. The van der Waals surface area contributed by atoms with Gasteiger partial charge in [0, 0.05) is 33.7 Å². The summed E-state index contributed by atoms with van der Waals surface area (Å²) in [6, 6.07) is 14.7. The van der Waals surface area contributed by atoms with Gasteiger partial charge in [0.15, 0.2) is 0 Å². The Kier molecular flexibility index (Phi) is 8.62. The third-order valence-electron chi connectivity index (χ3n) is 4.75. The van der Waals surface area contributed by atoms with Crippen LogP contribution in [0.2, 0.25) is 0 Å². The number of aliphatic carboxylic acids is 1. The number of aromatic nitrogens is 3. The number of sulfonamides is 1. The molecule has 15 heteroatoms. The van der Waals surface area contributed by atoms with Gasteiger partial charge in [-0.05, 0) is 55.8 Å². The minimum Gasteiger partial charge on any atom is -0.475 e. The highest BCUT2D eigenvalue weighted by molar-refractivity contribution is 7.98. The first-order valence-corrected chi connectivity index (χ1v) is 13.0. The second-order valence-corrected chi connectivity index (χ2v) is 9.93. The van der Waals surface area contributed by atoms with Crippen LogP contribution < -0.4 is 15.4 Å². The van der Waals surface area contributed by atoms with Crippen LogP contribution in [-0.4, -0.2) is 53.9 Å². The van der Waals surface area contributed by atoms with Crippen LogP contribution in [0.15, 0.2) is 70.8 Å². The summed E-state index contributed by atoms with van der Waals surface area (Å²) in [6.07, 6.45) is 0.191. The average Bonchev–Trinajstić information content (AvgIpc) is 3.32. The number of halogens is 3. The second-order valence-electron chi connectivity index (χ2n) is 7.19. The number of aromatic amines is 1. The van der Waals surface area contributed by atoms with Crippen molar-refractivity contribution >= 4 is 61.7 Å². The number of hydrogen-bond acceptors (Lipinski definition) is 8. The largest absolute Gasteiger partial charge is 0.490 e. The van der Waals surface area contributed by atoms with Crippen molar-refractivity contribution in [2.75, 3.05) is 23.9 Å².